The minimum absolute atomic E-state index is 0.0286. The van der Waals surface area contributed by atoms with Gasteiger partial charge in [0.05, 0.1) is 15.8 Å². The SMILES string of the molecule is O=C(CC1(C(=O)O)CCOC1)c1ccc(Cl)s1. The van der Waals surface area contributed by atoms with Crippen molar-refractivity contribution < 1.29 is 19.4 Å². The Morgan fingerprint density at radius 2 is 2.29 bits per heavy atom. The highest BCUT2D eigenvalue weighted by Crippen LogP contribution is 2.35. The Balaban J connectivity index is 2.14. The maximum atomic E-state index is 12.0. The zero-order chi connectivity index (χ0) is 12.5. The third-order valence-electron chi connectivity index (χ3n) is 2.90. The first kappa shape index (κ1) is 12.5. The van der Waals surface area contributed by atoms with Crippen LogP contribution in [-0.4, -0.2) is 30.1 Å². The predicted octanol–water partition coefficient (Wildman–Crippen LogP) is 2.47. The van der Waals surface area contributed by atoms with E-state index < -0.39 is 11.4 Å². The summed E-state index contributed by atoms with van der Waals surface area (Å²) >= 11 is 6.92. The van der Waals surface area contributed by atoms with Crippen molar-refractivity contribution in [2.24, 2.45) is 5.41 Å². The molecule has 0 aliphatic carbocycles. The van der Waals surface area contributed by atoms with E-state index in [9.17, 15) is 14.7 Å². The molecular formula is C11H11ClO4S. The molecule has 0 spiro atoms. The van der Waals surface area contributed by atoms with Crippen LogP contribution >= 0.6 is 22.9 Å². The predicted molar refractivity (Wildman–Crippen MR) is 63.8 cm³/mol. The van der Waals surface area contributed by atoms with Crippen LogP contribution in [0.1, 0.15) is 22.5 Å². The minimum atomic E-state index is -1.06. The van der Waals surface area contributed by atoms with Gasteiger partial charge in [0.25, 0.3) is 0 Å². The third kappa shape index (κ3) is 2.51. The second-order valence-electron chi connectivity index (χ2n) is 4.09. The van der Waals surface area contributed by atoms with Crippen molar-refractivity contribution in [3.05, 3.63) is 21.3 Å². The highest BCUT2D eigenvalue weighted by molar-refractivity contribution is 7.18. The molecular weight excluding hydrogens is 264 g/mol. The van der Waals surface area contributed by atoms with E-state index in [1.54, 1.807) is 12.1 Å². The molecule has 0 radical (unpaired) electrons. The van der Waals surface area contributed by atoms with E-state index in [1.807, 2.05) is 0 Å². The monoisotopic (exact) mass is 274 g/mol. The molecule has 1 fully saturated rings. The number of carboxylic acid groups (broad SMARTS) is 1. The molecule has 2 heterocycles. The largest absolute Gasteiger partial charge is 0.481 e. The van der Waals surface area contributed by atoms with Crippen LogP contribution in [0.5, 0.6) is 0 Å². The van der Waals surface area contributed by atoms with Crippen LogP contribution in [-0.2, 0) is 9.53 Å². The van der Waals surface area contributed by atoms with E-state index in [-0.39, 0.29) is 18.8 Å². The van der Waals surface area contributed by atoms with Gasteiger partial charge >= 0.3 is 5.97 Å². The number of hydrogen-bond acceptors (Lipinski definition) is 4. The molecule has 1 aliphatic heterocycles. The van der Waals surface area contributed by atoms with Gasteiger partial charge in [0.15, 0.2) is 5.78 Å². The molecule has 6 heteroatoms. The van der Waals surface area contributed by atoms with Crippen molar-refractivity contribution in [3.63, 3.8) is 0 Å². The van der Waals surface area contributed by atoms with E-state index in [0.717, 1.165) is 0 Å². The van der Waals surface area contributed by atoms with Gasteiger partial charge in [-0.1, -0.05) is 11.6 Å². The van der Waals surface area contributed by atoms with Crippen molar-refractivity contribution in [1.29, 1.82) is 0 Å². The van der Waals surface area contributed by atoms with E-state index >= 15 is 0 Å². The van der Waals surface area contributed by atoms with Crippen molar-refractivity contribution in [3.8, 4) is 0 Å². The summed E-state index contributed by atoms with van der Waals surface area (Å²) in [7, 11) is 0. The number of thiophene rings is 1. The van der Waals surface area contributed by atoms with Crippen molar-refractivity contribution >= 4 is 34.7 Å². The summed E-state index contributed by atoms with van der Waals surface area (Å²) in [6, 6.07) is 3.26. The van der Waals surface area contributed by atoms with Crippen LogP contribution in [0.15, 0.2) is 12.1 Å². The van der Waals surface area contributed by atoms with Crippen LogP contribution in [0.25, 0.3) is 0 Å². The fraction of sp³-hybridized carbons (Fsp3) is 0.455. The Bertz CT molecular complexity index is 448. The summed E-state index contributed by atoms with van der Waals surface area (Å²) in [6.45, 7) is 0.498. The lowest BCUT2D eigenvalue weighted by Gasteiger charge is -2.20. The summed E-state index contributed by atoms with van der Waals surface area (Å²) in [5, 5.41) is 9.21. The Hall–Kier alpha value is -0.910. The maximum Gasteiger partial charge on any atom is 0.312 e. The van der Waals surface area contributed by atoms with Gasteiger partial charge in [-0.25, -0.2) is 0 Å². The summed E-state index contributed by atoms with van der Waals surface area (Å²) in [6.07, 6.45) is 0.354. The second kappa shape index (κ2) is 4.76. The van der Waals surface area contributed by atoms with Crippen molar-refractivity contribution in [1.82, 2.24) is 0 Å². The number of rotatable bonds is 4. The Kier molecular flexibility index (Phi) is 3.51. The van der Waals surface area contributed by atoms with Gasteiger partial charge in [-0.2, -0.15) is 0 Å². The Morgan fingerprint density at radius 3 is 2.76 bits per heavy atom. The molecule has 92 valence electrons. The lowest BCUT2D eigenvalue weighted by Crippen LogP contribution is -2.33. The average Bonchev–Trinajstić information content (AvgIpc) is 2.87. The van der Waals surface area contributed by atoms with E-state index in [0.29, 0.717) is 22.2 Å². The first-order valence-electron chi connectivity index (χ1n) is 5.13. The van der Waals surface area contributed by atoms with Crippen molar-refractivity contribution in [2.75, 3.05) is 13.2 Å². The standard InChI is InChI=1S/C11H11ClO4S/c12-9-2-1-8(17-9)7(13)5-11(10(14)15)3-4-16-6-11/h1-2H,3-6H2,(H,14,15). The molecule has 1 saturated heterocycles. The van der Waals surface area contributed by atoms with Crippen LogP contribution < -0.4 is 0 Å². The lowest BCUT2D eigenvalue weighted by molar-refractivity contribution is -0.148. The number of hydrogen-bond donors (Lipinski definition) is 1. The average molecular weight is 275 g/mol. The molecule has 1 N–H and O–H groups in total. The van der Waals surface area contributed by atoms with Gasteiger partial charge in [-0.15, -0.1) is 11.3 Å². The van der Waals surface area contributed by atoms with E-state index in [2.05, 4.69) is 0 Å². The highest BCUT2D eigenvalue weighted by Gasteiger charge is 2.44. The zero-order valence-electron chi connectivity index (χ0n) is 8.94. The summed E-state index contributed by atoms with van der Waals surface area (Å²) in [4.78, 5) is 23.7. The van der Waals surface area contributed by atoms with Gasteiger partial charge in [-0.3, -0.25) is 9.59 Å². The molecule has 1 atom stereocenters. The third-order valence-corrected chi connectivity index (χ3v) is 4.18. The lowest BCUT2D eigenvalue weighted by atomic mass is 9.82. The highest BCUT2D eigenvalue weighted by atomic mass is 35.5. The smallest absolute Gasteiger partial charge is 0.312 e. The normalized spacial score (nSPS) is 23.8. The van der Waals surface area contributed by atoms with E-state index in [4.69, 9.17) is 16.3 Å². The van der Waals surface area contributed by atoms with Gasteiger partial charge in [-0.05, 0) is 18.6 Å². The van der Waals surface area contributed by atoms with Gasteiger partial charge in [0, 0.05) is 13.0 Å². The van der Waals surface area contributed by atoms with Gasteiger partial charge in [0.1, 0.15) is 5.41 Å². The molecule has 0 saturated carbocycles. The van der Waals surface area contributed by atoms with Crippen LogP contribution in [0, 0.1) is 5.41 Å². The number of halogens is 1. The van der Waals surface area contributed by atoms with Crippen molar-refractivity contribution in [2.45, 2.75) is 12.8 Å². The van der Waals surface area contributed by atoms with Crippen LogP contribution in [0.4, 0.5) is 0 Å². The molecule has 0 amide bonds. The van der Waals surface area contributed by atoms with Crippen LogP contribution in [0.2, 0.25) is 4.34 Å². The summed E-state index contributed by atoms with van der Waals surface area (Å²) in [5.74, 6) is -1.15. The van der Waals surface area contributed by atoms with Gasteiger partial charge < -0.3 is 9.84 Å². The molecule has 4 nitrogen and oxygen atoms in total. The molecule has 0 aromatic carbocycles. The molecule has 1 aromatic heterocycles. The fourth-order valence-corrected chi connectivity index (χ4v) is 2.83. The number of carboxylic acids is 1. The molecule has 17 heavy (non-hydrogen) atoms. The first-order valence-corrected chi connectivity index (χ1v) is 6.33. The first-order chi connectivity index (χ1) is 8.03. The second-order valence-corrected chi connectivity index (χ2v) is 5.81. The topological polar surface area (TPSA) is 63.6 Å². The number of carbonyl (C=O) groups excluding carboxylic acids is 1. The number of aliphatic carboxylic acids is 1. The summed E-state index contributed by atoms with van der Waals surface area (Å²) < 4.78 is 5.64. The van der Waals surface area contributed by atoms with Crippen LogP contribution in [0.3, 0.4) is 0 Å². The molecule has 1 unspecified atom stereocenters. The quantitative estimate of drug-likeness (QED) is 0.857. The summed E-state index contributed by atoms with van der Waals surface area (Å²) in [5.41, 5.74) is -1.06. The molecule has 1 aliphatic rings. The Morgan fingerprint density at radius 1 is 1.53 bits per heavy atom. The number of carbonyl (C=O) groups is 2. The fourth-order valence-electron chi connectivity index (χ4n) is 1.85. The van der Waals surface area contributed by atoms with Gasteiger partial charge in [0.2, 0.25) is 0 Å². The number of ketones is 1. The Labute approximate surface area is 107 Å². The molecule has 1 aromatic rings. The van der Waals surface area contributed by atoms with E-state index in [1.165, 1.54) is 11.3 Å². The number of ether oxygens (including phenoxy) is 1. The number of Topliss-reactive ketones (excluding diaryl/α,β-unsaturated/α-hetero) is 1. The molecule has 2 rings (SSSR count). The zero-order valence-corrected chi connectivity index (χ0v) is 10.5. The minimum Gasteiger partial charge on any atom is -0.481 e. The molecule has 0 bridgehead atoms. The maximum absolute atomic E-state index is 12.0.